The number of carbonyl (C=O) groups is 9. The second-order valence-corrected chi connectivity index (χ2v) is 19.5. The second kappa shape index (κ2) is 27.4. The molecular formula is C54H68CoN6O12. The number of primary amides is 1. The van der Waals surface area contributed by atoms with E-state index in [0.29, 0.717) is 81.5 Å². The van der Waals surface area contributed by atoms with Crippen LogP contribution in [-0.2, 0) is 55.3 Å². The molecule has 0 spiro atoms. The van der Waals surface area contributed by atoms with E-state index in [0.717, 1.165) is 33.3 Å². The third-order valence-electron chi connectivity index (χ3n) is 13.4. The molecule has 5 N–H and O–H groups in total. The Morgan fingerprint density at radius 2 is 1.55 bits per heavy atom. The van der Waals surface area contributed by atoms with Crippen molar-refractivity contribution < 1.29 is 72.7 Å². The summed E-state index contributed by atoms with van der Waals surface area (Å²) >= 11 is 5.13. The molecule has 3 atom stereocenters. The van der Waals surface area contributed by atoms with Crippen LogP contribution in [0, 0.1) is 5.41 Å². The molecule has 0 saturated carbocycles. The minimum atomic E-state index is -1.32. The molecule has 0 aliphatic carbocycles. The van der Waals surface area contributed by atoms with Gasteiger partial charge in [-0.1, -0.05) is 6.07 Å². The van der Waals surface area contributed by atoms with Gasteiger partial charge < -0.3 is 20.6 Å². The van der Waals surface area contributed by atoms with E-state index in [9.17, 15) is 43.2 Å². The standard InChI is InChI=1S/C54H68N6O12.Co/c1-6-54(2,3)49(65)53(69)59-30-10-7-16-39(59)24-23-36(22-20-35-21-25-42(70-4)44(32-35)71-5)37-14-11-15-38(33-37)58-46(63)27-26-45(62)56-28-8-9-29-57-47(64)34-72-43-19-12-17-40-48(43)52(68)60(51(40)67)41(50(55)66)18-13-31-61;/h11-12,14-15,17,19,21,25,31-33,36,39,41H,6-10,13,16,18,20,22-23,26-30,34H2,1-5H3,(H2,55,66)(H,56,62)(H,57,64)(H,58,63);/t36-,39-,41?;/m0./s1. The average molecular weight is 1050 g/mol. The van der Waals surface area contributed by atoms with Crippen LogP contribution in [-0.4, -0.2) is 120 Å². The fourth-order valence-corrected chi connectivity index (χ4v) is 9.37. The minimum absolute atomic E-state index is 0.0125. The van der Waals surface area contributed by atoms with Gasteiger partial charge in [-0.15, -0.1) is 0 Å². The van der Waals surface area contributed by atoms with Crippen LogP contribution in [0.15, 0.2) is 60.7 Å². The van der Waals surface area contributed by atoms with Gasteiger partial charge in [0.15, 0.2) is 6.61 Å². The van der Waals surface area contributed by atoms with E-state index in [2.05, 4.69) is 16.0 Å². The fourth-order valence-electron chi connectivity index (χ4n) is 8.80. The molecule has 7 amide bonds. The zero-order chi connectivity index (χ0) is 53.2. The van der Waals surface area contributed by atoms with Gasteiger partial charge in [0.05, 0.1) is 11.1 Å². The first-order valence-electron chi connectivity index (χ1n) is 24.8. The Balaban J connectivity index is 1.09. The van der Waals surface area contributed by atoms with E-state index in [4.69, 9.17) is 35.2 Å². The molecule has 5 rings (SSSR count). The summed E-state index contributed by atoms with van der Waals surface area (Å²) in [6.07, 6.45) is 6.13. The van der Waals surface area contributed by atoms with Crippen LogP contribution in [0.4, 0.5) is 5.69 Å². The summed E-state index contributed by atoms with van der Waals surface area (Å²) in [5, 5.41) is 8.44. The number of ether oxygens (including phenoxy) is 3. The second-order valence-electron chi connectivity index (χ2n) is 18.8. The number of nitrogens with zero attached hydrogens (tertiary/aromatic N) is 2. The van der Waals surface area contributed by atoms with Crippen molar-refractivity contribution in [3.8, 4) is 17.2 Å². The molecule has 0 radical (unpaired) electrons. The molecule has 395 valence electrons. The van der Waals surface area contributed by atoms with Gasteiger partial charge >= 0.3 is 275 Å². The van der Waals surface area contributed by atoms with Crippen LogP contribution in [0.1, 0.15) is 136 Å². The van der Waals surface area contributed by atoms with Crippen LogP contribution in [0.5, 0.6) is 17.2 Å². The summed E-state index contributed by atoms with van der Waals surface area (Å²) in [5.74, 6) is -3.37. The van der Waals surface area contributed by atoms with Gasteiger partial charge in [0.25, 0.3) is 17.7 Å². The molecule has 0 aromatic heterocycles. The van der Waals surface area contributed by atoms with Crippen molar-refractivity contribution in [1.82, 2.24) is 20.4 Å². The first-order chi connectivity index (χ1) is 34.9. The van der Waals surface area contributed by atoms with Crippen molar-refractivity contribution in [2.24, 2.45) is 11.1 Å². The van der Waals surface area contributed by atoms with Gasteiger partial charge in [0.1, 0.15) is 18.1 Å². The van der Waals surface area contributed by atoms with Gasteiger partial charge in [-0.2, -0.15) is 0 Å². The third-order valence-corrected chi connectivity index (χ3v) is 14.0. The van der Waals surface area contributed by atoms with Crippen LogP contribution in [0.2, 0.25) is 0 Å². The number of amides is 7. The Morgan fingerprint density at radius 1 is 0.849 bits per heavy atom. The summed E-state index contributed by atoms with van der Waals surface area (Å²) in [4.78, 5) is 117. The summed E-state index contributed by atoms with van der Waals surface area (Å²) < 4.78 is 17.4. The summed E-state index contributed by atoms with van der Waals surface area (Å²) in [7, 11) is 3.18. The molecule has 3 aromatic carbocycles. The van der Waals surface area contributed by atoms with Crippen LogP contribution in [0.25, 0.3) is 0 Å². The third kappa shape index (κ3) is 15.4. The molecule has 18 nitrogen and oxygen atoms in total. The Bertz CT molecular complexity index is 2550. The van der Waals surface area contributed by atoms with Gasteiger partial charge in [0.2, 0.25) is 5.91 Å². The van der Waals surface area contributed by atoms with Crippen LogP contribution < -0.4 is 35.9 Å². The Labute approximate surface area is 434 Å². The Hall–Kier alpha value is -6.73. The number of nitrogens with two attached hydrogens (primary N) is 1. The number of hydrogen-bond donors (Lipinski definition) is 4. The first-order valence-corrected chi connectivity index (χ1v) is 25.3. The number of benzene rings is 3. The number of methoxy groups -OCH3 is 2. The number of fused-ring (bicyclic) bond motifs is 1. The fraction of sp³-hybridized carbons (Fsp3) is 0.481. The van der Waals surface area contributed by atoms with Gasteiger partial charge in [-0.05, 0) is 31.4 Å². The van der Waals surface area contributed by atoms with Crippen molar-refractivity contribution in [3.63, 3.8) is 0 Å². The topological polar surface area (TPSA) is 250 Å². The molecule has 3 aromatic rings. The van der Waals surface area contributed by atoms with Crippen LogP contribution in [0.3, 0.4) is 0 Å². The number of unbranched alkanes of at least 4 members (excludes halogenated alkanes) is 1. The summed E-state index contributed by atoms with van der Waals surface area (Å²) in [5.41, 5.74) is 7.10. The molecule has 2 aliphatic heterocycles. The van der Waals surface area contributed by atoms with Crippen molar-refractivity contribution in [2.45, 2.75) is 122 Å². The molecule has 19 heteroatoms. The number of hydrogen-bond acceptors (Lipinski definition) is 12. The molecule has 1 unspecified atom stereocenters. The molecule has 1 fully saturated rings. The maximum absolute atomic E-state index is 13.7. The number of rotatable bonds is 29. The van der Waals surface area contributed by atoms with Gasteiger partial charge in [-0.3, -0.25) is 24.1 Å². The zero-order valence-corrected chi connectivity index (χ0v) is 43.3. The average Bonchev–Trinajstić information content (AvgIpc) is 3.64. The number of imide groups is 1. The predicted molar refractivity (Wildman–Crippen MR) is 269 cm³/mol. The molecule has 0 bridgehead atoms. The van der Waals surface area contributed by atoms with E-state index < -0.39 is 53.4 Å². The zero-order valence-electron chi connectivity index (χ0n) is 42.3. The number of ketones is 1. The molecule has 2 heterocycles. The molecule has 73 heavy (non-hydrogen) atoms. The SMILES string of the molecule is CCC(C)(C)C(=O)C(=O)N1CCCC[C@H]1[C](=[Co])C[C@H](CCc1ccc(OC)c(OC)c1)c1cccc(NC(=O)CCC(=O)NCCCCNC(=O)COc2cccc3c2C(=O)N(C(CCC=O)C(N)=O)C3=O)c1. The number of Topliss-reactive ketones (excluding diaryl/α,β-unsaturated/α-hetero) is 1. The quantitative estimate of drug-likeness (QED) is 0.0305. The van der Waals surface area contributed by atoms with E-state index >= 15 is 0 Å². The van der Waals surface area contributed by atoms with Crippen molar-refractivity contribution >= 4 is 63.6 Å². The molecular weight excluding hydrogens is 984 g/mol. The van der Waals surface area contributed by atoms with E-state index in [1.54, 1.807) is 39.0 Å². The number of likely N-dealkylation sites (tertiary alicyclic amines) is 1. The van der Waals surface area contributed by atoms with E-state index in [1.807, 2.05) is 43.3 Å². The number of aldehydes is 1. The van der Waals surface area contributed by atoms with Gasteiger partial charge in [0, 0.05) is 19.5 Å². The van der Waals surface area contributed by atoms with Crippen molar-refractivity contribution in [1.29, 1.82) is 0 Å². The monoisotopic (exact) mass is 1050 g/mol. The number of anilines is 1. The van der Waals surface area contributed by atoms with E-state index in [-0.39, 0.29) is 72.9 Å². The van der Waals surface area contributed by atoms with Gasteiger partial charge in [-0.25, -0.2) is 0 Å². The van der Waals surface area contributed by atoms with Crippen molar-refractivity contribution in [2.75, 3.05) is 45.8 Å². The summed E-state index contributed by atoms with van der Waals surface area (Å²) in [6.45, 7) is 6.10. The van der Waals surface area contributed by atoms with Crippen molar-refractivity contribution in [3.05, 3.63) is 82.9 Å². The number of nitrogens with one attached hydrogen (secondary N) is 3. The Kier molecular flexibility index (Phi) is 21.4. The van der Waals surface area contributed by atoms with Crippen LogP contribution >= 0.6 is 0 Å². The predicted octanol–water partition coefficient (Wildman–Crippen LogP) is 5.16. The number of piperidine rings is 1. The summed E-state index contributed by atoms with van der Waals surface area (Å²) in [6, 6.07) is 16.1. The molecule has 1 saturated heterocycles. The Morgan fingerprint density at radius 3 is 2.23 bits per heavy atom. The number of carbonyl (C=O) groups excluding carboxylic acids is 9. The number of aryl methyl sites for hydroxylation is 1. The molecule has 2 aliphatic rings. The maximum atomic E-state index is 13.7. The normalized spacial score (nSPS) is 15.1. The first kappa shape index (κ1) is 57.2. The van der Waals surface area contributed by atoms with E-state index in [1.165, 1.54) is 18.2 Å².